The van der Waals surface area contributed by atoms with Crippen LogP contribution in [0.15, 0.2) is 12.1 Å². The molecule has 114 valence electrons. The zero-order valence-corrected chi connectivity index (χ0v) is 12.4. The number of rotatable bonds is 4. The van der Waals surface area contributed by atoms with Crippen LogP contribution in [-0.4, -0.2) is 42.8 Å². The van der Waals surface area contributed by atoms with E-state index < -0.39 is 5.97 Å². The molecule has 2 rings (SSSR count). The van der Waals surface area contributed by atoms with Crippen LogP contribution in [0.3, 0.4) is 0 Å². The lowest BCUT2D eigenvalue weighted by atomic mass is 10.0. The first-order valence-corrected chi connectivity index (χ1v) is 6.84. The summed E-state index contributed by atoms with van der Waals surface area (Å²) in [6, 6.07) is 2.96. The topological polar surface area (TPSA) is 87.7 Å². The van der Waals surface area contributed by atoms with E-state index in [0.29, 0.717) is 24.2 Å². The van der Waals surface area contributed by atoms with Crippen molar-refractivity contribution in [3.8, 4) is 0 Å². The Hall–Kier alpha value is -1.92. The Morgan fingerprint density at radius 2 is 2.10 bits per heavy atom. The van der Waals surface area contributed by atoms with Crippen LogP contribution in [-0.2, 0) is 9.53 Å². The largest absolute Gasteiger partial charge is 0.478 e. The van der Waals surface area contributed by atoms with Crippen molar-refractivity contribution in [3.63, 3.8) is 0 Å². The summed E-state index contributed by atoms with van der Waals surface area (Å²) in [5, 5.41) is 15.0. The molecule has 1 saturated heterocycles. The van der Waals surface area contributed by atoms with Gasteiger partial charge in [0.15, 0.2) is 0 Å². The lowest BCUT2D eigenvalue weighted by molar-refractivity contribution is -0.118. The molecule has 1 aliphatic rings. The second-order valence-corrected chi connectivity index (χ2v) is 5.31. The van der Waals surface area contributed by atoms with E-state index >= 15 is 0 Å². The molecule has 0 bridgehead atoms. The molecule has 0 aliphatic carbocycles. The molecule has 21 heavy (non-hydrogen) atoms. The van der Waals surface area contributed by atoms with Gasteiger partial charge in [-0.1, -0.05) is 0 Å². The molecule has 2 atom stereocenters. The third kappa shape index (κ3) is 3.40. The van der Waals surface area contributed by atoms with Crippen molar-refractivity contribution < 1.29 is 19.4 Å². The number of carboxylic acid groups (broad SMARTS) is 1. The van der Waals surface area contributed by atoms with Crippen LogP contribution in [0.1, 0.15) is 27.9 Å². The number of hydrogen-bond donors (Lipinski definition) is 3. The van der Waals surface area contributed by atoms with Gasteiger partial charge < -0.3 is 20.5 Å². The predicted octanol–water partition coefficient (Wildman–Crippen LogP) is 1.32. The Morgan fingerprint density at radius 3 is 2.67 bits per heavy atom. The number of carbonyl (C=O) groups is 2. The number of anilines is 1. The Bertz CT molecular complexity index is 571. The van der Waals surface area contributed by atoms with Crippen LogP contribution < -0.4 is 10.6 Å². The molecule has 1 fully saturated rings. The molecule has 0 aromatic heterocycles. The van der Waals surface area contributed by atoms with Gasteiger partial charge in [-0.2, -0.15) is 0 Å². The van der Waals surface area contributed by atoms with Crippen molar-refractivity contribution in [1.82, 2.24) is 5.32 Å². The van der Waals surface area contributed by atoms with E-state index in [1.807, 2.05) is 6.92 Å². The maximum atomic E-state index is 12.2. The fourth-order valence-corrected chi connectivity index (χ4v) is 2.47. The highest BCUT2D eigenvalue weighted by atomic mass is 16.5. The van der Waals surface area contributed by atoms with E-state index in [0.717, 1.165) is 5.56 Å². The fourth-order valence-electron chi connectivity index (χ4n) is 2.47. The summed E-state index contributed by atoms with van der Waals surface area (Å²) in [5.41, 5.74) is 2.25. The lowest BCUT2D eigenvalue weighted by Crippen LogP contribution is -2.35. The average molecular weight is 292 g/mol. The summed E-state index contributed by atoms with van der Waals surface area (Å²) in [4.78, 5) is 23.4. The van der Waals surface area contributed by atoms with Crippen molar-refractivity contribution in [2.75, 3.05) is 19.0 Å². The van der Waals surface area contributed by atoms with Gasteiger partial charge in [0.2, 0.25) is 5.91 Å². The monoisotopic (exact) mass is 292 g/mol. The molecule has 0 saturated carbocycles. The summed E-state index contributed by atoms with van der Waals surface area (Å²) in [5.74, 6) is -1.17. The zero-order chi connectivity index (χ0) is 15.6. The van der Waals surface area contributed by atoms with Gasteiger partial charge in [-0.15, -0.1) is 0 Å². The third-order valence-corrected chi connectivity index (χ3v) is 3.91. The number of aryl methyl sites for hydroxylation is 1. The van der Waals surface area contributed by atoms with E-state index in [1.165, 1.54) is 6.07 Å². The van der Waals surface area contributed by atoms with Gasteiger partial charge >= 0.3 is 5.97 Å². The number of carboxylic acids is 1. The maximum Gasteiger partial charge on any atom is 0.336 e. The number of methoxy groups -OCH3 is 1. The molecule has 1 heterocycles. The Balaban J connectivity index is 2.13. The molecule has 0 spiro atoms. The van der Waals surface area contributed by atoms with Crippen molar-refractivity contribution in [1.29, 1.82) is 0 Å². The summed E-state index contributed by atoms with van der Waals surface area (Å²) in [6.45, 7) is 4.22. The standard InChI is InChI=1S/C15H20N2O4/c1-8-4-10(5-12(9(8)2)15(19)20)17-14(18)13-6-11(21-3)7-16-13/h4-5,11,13,16H,6-7H2,1-3H3,(H,17,18)(H,19,20). The van der Waals surface area contributed by atoms with Gasteiger partial charge in [0.25, 0.3) is 0 Å². The van der Waals surface area contributed by atoms with Gasteiger partial charge in [0.05, 0.1) is 17.7 Å². The molecule has 6 nitrogen and oxygen atoms in total. The molecule has 1 amide bonds. The number of ether oxygens (including phenoxy) is 1. The Labute approximate surface area is 123 Å². The SMILES string of the molecule is COC1CNC(C(=O)Nc2cc(C)c(C)c(C(=O)O)c2)C1. The quantitative estimate of drug-likeness (QED) is 0.779. The van der Waals surface area contributed by atoms with Crippen LogP contribution in [0.25, 0.3) is 0 Å². The Morgan fingerprint density at radius 1 is 1.38 bits per heavy atom. The predicted molar refractivity (Wildman–Crippen MR) is 78.7 cm³/mol. The first kappa shape index (κ1) is 15.5. The summed E-state index contributed by atoms with van der Waals surface area (Å²) >= 11 is 0. The van der Waals surface area contributed by atoms with Gasteiger partial charge in [0.1, 0.15) is 0 Å². The maximum absolute atomic E-state index is 12.2. The molecule has 6 heteroatoms. The van der Waals surface area contributed by atoms with E-state index in [9.17, 15) is 14.7 Å². The van der Waals surface area contributed by atoms with Crippen LogP contribution in [0.2, 0.25) is 0 Å². The minimum atomic E-state index is -0.995. The highest BCUT2D eigenvalue weighted by Gasteiger charge is 2.29. The van der Waals surface area contributed by atoms with Crippen molar-refractivity contribution >= 4 is 17.6 Å². The average Bonchev–Trinajstić information content (AvgIpc) is 2.91. The van der Waals surface area contributed by atoms with E-state index in [1.54, 1.807) is 20.1 Å². The van der Waals surface area contributed by atoms with Crippen molar-refractivity contribution in [2.45, 2.75) is 32.4 Å². The third-order valence-electron chi connectivity index (χ3n) is 3.91. The van der Waals surface area contributed by atoms with Gasteiger partial charge in [-0.3, -0.25) is 4.79 Å². The van der Waals surface area contributed by atoms with Crippen LogP contribution in [0, 0.1) is 13.8 Å². The van der Waals surface area contributed by atoms with Crippen LogP contribution >= 0.6 is 0 Å². The number of aromatic carboxylic acids is 1. The zero-order valence-electron chi connectivity index (χ0n) is 12.4. The summed E-state index contributed by atoms with van der Waals surface area (Å²) < 4.78 is 5.21. The molecular formula is C15H20N2O4. The van der Waals surface area contributed by atoms with Crippen molar-refractivity contribution in [2.24, 2.45) is 0 Å². The lowest BCUT2D eigenvalue weighted by Gasteiger charge is -2.14. The molecule has 1 aromatic carbocycles. The number of benzene rings is 1. The number of hydrogen-bond acceptors (Lipinski definition) is 4. The second kappa shape index (κ2) is 6.24. The molecule has 0 radical (unpaired) electrons. The van der Waals surface area contributed by atoms with Crippen LogP contribution in [0.5, 0.6) is 0 Å². The first-order valence-electron chi connectivity index (χ1n) is 6.84. The minimum Gasteiger partial charge on any atom is -0.478 e. The van der Waals surface area contributed by atoms with E-state index in [4.69, 9.17) is 4.74 Å². The highest BCUT2D eigenvalue weighted by Crippen LogP contribution is 2.21. The van der Waals surface area contributed by atoms with Crippen molar-refractivity contribution in [3.05, 3.63) is 28.8 Å². The Kier molecular flexibility index (Phi) is 4.59. The highest BCUT2D eigenvalue weighted by molar-refractivity contribution is 5.97. The smallest absolute Gasteiger partial charge is 0.336 e. The molecule has 3 N–H and O–H groups in total. The summed E-state index contributed by atoms with van der Waals surface area (Å²) in [6.07, 6.45) is 0.647. The molecular weight excluding hydrogens is 272 g/mol. The van der Waals surface area contributed by atoms with Gasteiger partial charge in [-0.25, -0.2) is 4.79 Å². The minimum absolute atomic E-state index is 0.0371. The van der Waals surface area contributed by atoms with Crippen LogP contribution in [0.4, 0.5) is 5.69 Å². The number of nitrogens with one attached hydrogen (secondary N) is 2. The molecule has 2 unspecified atom stereocenters. The second-order valence-electron chi connectivity index (χ2n) is 5.31. The fraction of sp³-hybridized carbons (Fsp3) is 0.467. The number of amides is 1. The number of carbonyl (C=O) groups excluding carboxylic acids is 1. The summed E-state index contributed by atoms with van der Waals surface area (Å²) in [7, 11) is 1.62. The normalized spacial score (nSPS) is 21.3. The first-order chi connectivity index (χ1) is 9.92. The van der Waals surface area contributed by atoms with E-state index in [-0.39, 0.29) is 23.6 Å². The molecule has 1 aliphatic heterocycles. The molecule has 1 aromatic rings. The van der Waals surface area contributed by atoms with Gasteiger partial charge in [0, 0.05) is 19.3 Å². The van der Waals surface area contributed by atoms with Gasteiger partial charge in [-0.05, 0) is 43.5 Å². The van der Waals surface area contributed by atoms with E-state index in [2.05, 4.69) is 10.6 Å².